The summed E-state index contributed by atoms with van der Waals surface area (Å²) in [5.74, 6) is 0.901. The van der Waals surface area contributed by atoms with Gasteiger partial charge in [0.2, 0.25) is 0 Å². The molecule has 0 bridgehead atoms. The molecule has 0 fully saturated rings. The normalized spacial score (nSPS) is 14.0. The number of hydrogen-bond acceptors (Lipinski definition) is 5. The SMILES string of the molecule is CCS(=O)(=O)CCNCC(CNC(=O)OC(C)(C)C)C(C)C. The summed E-state index contributed by atoms with van der Waals surface area (Å²) in [6, 6.07) is 0. The van der Waals surface area contributed by atoms with E-state index in [1.165, 1.54) is 0 Å². The van der Waals surface area contributed by atoms with Crippen molar-refractivity contribution in [3.05, 3.63) is 0 Å². The van der Waals surface area contributed by atoms with Gasteiger partial charge in [-0.1, -0.05) is 20.8 Å². The zero-order valence-corrected chi connectivity index (χ0v) is 15.5. The first-order valence-electron chi connectivity index (χ1n) is 7.85. The summed E-state index contributed by atoms with van der Waals surface area (Å²) < 4.78 is 28.0. The van der Waals surface area contributed by atoms with E-state index in [9.17, 15) is 13.2 Å². The van der Waals surface area contributed by atoms with Gasteiger partial charge >= 0.3 is 6.09 Å². The molecule has 0 aromatic rings. The van der Waals surface area contributed by atoms with Crippen LogP contribution < -0.4 is 10.6 Å². The molecule has 132 valence electrons. The maximum Gasteiger partial charge on any atom is 0.407 e. The average molecular weight is 336 g/mol. The highest BCUT2D eigenvalue weighted by Crippen LogP contribution is 2.10. The highest BCUT2D eigenvalue weighted by atomic mass is 32.2. The van der Waals surface area contributed by atoms with Gasteiger partial charge in [0.05, 0.1) is 5.75 Å². The minimum absolute atomic E-state index is 0.147. The highest BCUT2D eigenvalue weighted by Gasteiger charge is 2.19. The Hall–Kier alpha value is -0.820. The second-order valence-electron chi connectivity index (χ2n) is 6.83. The fourth-order valence-corrected chi connectivity index (χ4v) is 2.48. The largest absolute Gasteiger partial charge is 0.444 e. The van der Waals surface area contributed by atoms with Crippen molar-refractivity contribution in [2.24, 2.45) is 11.8 Å². The molecule has 0 aliphatic rings. The fourth-order valence-electron chi connectivity index (χ4n) is 1.73. The highest BCUT2D eigenvalue weighted by molar-refractivity contribution is 7.91. The van der Waals surface area contributed by atoms with Gasteiger partial charge in [-0.3, -0.25) is 0 Å². The second kappa shape index (κ2) is 9.35. The third kappa shape index (κ3) is 10.8. The van der Waals surface area contributed by atoms with Crippen LogP contribution in [-0.4, -0.2) is 51.3 Å². The van der Waals surface area contributed by atoms with E-state index in [-0.39, 0.29) is 17.4 Å². The summed E-state index contributed by atoms with van der Waals surface area (Å²) in [5, 5.41) is 5.93. The van der Waals surface area contributed by atoms with Gasteiger partial charge in [-0.15, -0.1) is 0 Å². The molecule has 0 heterocycles. The molecular weight excluding hydrogens is 304 g/mol. The Kier molecular flexibility index (Phi) is 9.00. The van der Waals surface area contributed by atoms with E-state index in [2.05, 4.69) is 24.5 Å². The molecule has 1 amide bonds. The number of carbonyl (C=O) groups is 1. The van der Waals surface area contributed by atoms with Gasteiger partial charge in [0.25, 0.3) is 0 Å². The maximum absolute atomic E-state index is 11.7. The quantitative estimate of drug-likeness (QED) is 0.627. The van der Waals surface area contributed by atoms with Crippen LogP contribution in [0.2, 0.25) is 0 Å². The Balaban J connectivity index is 4.15. The van der Waals surface area contributed by atoms with Gasteiger partial charge in [-0.25, -0.2) is 13.2 Å². The first-order valence-corrected chi connectivity index (χ1v) is 9.67. The first-order chi connectivity index (χ1) is 9.97. The second-order valence-corrected chi connectivity index (χ2v) is 9.30. The molecule has 1 unspecified atom stereocenters. The fraction of sp³-hybridized carbons (Fsp3) is 0.933. The minimum Gasteiger partial charge on any atom is -0.444 e. The van der Waals surface area contributed by atoms with Crippen molar-refractivity contribution in [1.82, 2.24) is 10.6 Å². The van der Waals surface area contributed by atoms with E-state index in [0.29, 0.717) is 25.6 Å². The lowest BCUT2D eigenvalue weighted by atomic mass is 9.96. The molecule has 22 heavy (non-hydrogen) atoms. The molecular formula is C15H32N2O4S. The molecule has 0 saturated heterocycles. The van der Waals surface area contributed by atoms with Gasteiger partial charge in [0.15, 0.2) is 9.84 Å². The number of rotatable bonds is 9. The molecule has 0 aliphatic carbocycles. The molecule has 2 N–H and O–H groups in total. The van der Waals surface area contributed by atoms with Crippen LogP contribution in [0.5, 0.6) is 0 Å². The monoisotopic (exact) mass is 336 g/mol. The molecule has 1 atom stereocenters. The van der Waals surface area contributed by atoms with Crippen LogP contribution in [0, 0.1) is 11.8 Å². The van der Waals surface area contributed by atoms with Crippen molar-refractivity contribution in [2.75, 3.05) is 31.1 Å². The van der Waals surface area contributed by atoms with E-state index in [1.54, 1.807) is 6.92 Å². The van der Waals surface area contributed by atoms with E-state index < -0.39 is 21.5 Å². The molecule has 0 spiro atoms. The predicted molar refractivity (Wildman–Crippen MR) is 89.8 cm³/mol. The van der Waals surface area contributed by atoms with Crippen molar-refractivity contribution >= 4 is 15.9 Å². The van der Waals surface area contributed by atoms with Crippen LogP contribution >= 0.6 is 0 Å². The van der Waals surface area contributed by atoms with Crippen molar-refractivity contribution in [1.29, 1.82) is 0 Å². The summed E-state index contributed by atoms with van der Waals surface area (Å²) >= 11 is 0. The summed E-state index contributed by atoms with van der Waals surface area (Å²) in [6.07, 6.45) is -0.424. The van der Waals surface area contributed by atoms with Gasteiger partial charge in [-0.05, 0) is 39.2 Å². The van der Waals surface area contributed by atoms with Crippen LogP contribution in [-0.2, 0) is 14.6 Å². The molecule has 0 aliphatic heterocycles. The first kappa shape index (κ1) is 21.2. The number of sulfone groups is 1. The summed E-state index contributed by atoms with van der Waals surface area (Å²) in [7, 11) is -2.94. The number of alkyl carbamates (subject to hydrolysis) is 1. The van der Waals surface area contributed by atoms with E-state index in [1.807, 2.05) is 20.8 Å². The van der Waals surface area contributed by atoms with Gasteiger partial charge < -0.3 is 15.4 Å². The van der Waals surface area contributed by atoms with Crippen molar-refractivity contribution < 1.29 is 17.9 Å². The van der Waals surface area contributed by atoms with E-state index in [4.69, 9.17) is 4.74 Å². The Morgan fingerprint density at radius 2 is 1.77 bits per heavy atom. The van der Waals surface area contributed by atoms with Gasteiger partial charge in [0.1, 0.15) is 5.60 Å². The van der Waals surface area contributed by atoms with E-state index in [0.717, 1.165) is 0 Å². The van der Waals surface area contributed by atoms with Crippen LogP contribution in [0.3, 0.4) is 0 Å². The van der Waals surface area contributed by atoms with Crippen molar-refractivity contribution in [3.8, 4) is 0 Å². The Labute approximate surface area is 135 Å². The molecule has 0 rings (SSSR count). The standard InChI is InChI=1S/C15H32N2O4S/c1-7-22(19,20)9-8-16-10-13(12(2)3)11-17-14(18)21-15(4,5)6/h12-13,16H,7-11H2,1-6H3,(H,17,18). The van der Waals surface area contributed by atoms with Crippen molar-refractivity contribution in [3.63, 3.8) is 0 Å². The average Bonchev–Trinajstić information content (AvgIpc) is 2.35. The molecule has 6 nitrogen and oxygen atoms in total. The minimum atomic E-state index is -2.94. The molecule has 0 aromatic carbocycles. The lowest BCUT2D eigenvalue weighted by Gasteiger charge is -2.24. The Morgan fingerprint density at radius 1 is 1.18 bits per heavy atom. The molecule has 0 saturated carbocycles. The third-order valence-electron chi connectivity index (χ3n) is 3.29. The summed E-state index contributed by atoms with van der Waals surface area (Å²) in [5.41, 5.74) is -0.510. The van der Waals surface area contributed by atoms with Crippen LogP contribution in [0.1, 0.15) is 41.5 Å². The summed E-state index contributed by atoms with van der Waals surface area (Å²) in [6.45, 7) is 12.9. The van der Waals surface area contributed by atoms with Crippen LogP contribution in [0.25, 0.3) is 0 Å². The zero-order chi connectivity index (χ0) is 17.4. The molecule has 7 heteroatoms. The van der Waals surface area contributed by atoms with E-state index >= 15 is 0 Å². The number of ether oxygens (including phenoxy) is 1. The Morgan fingerprint density at radius 3 is 2.23 bits per heavy atom. The lowest BCUT2D eigenvalue weighted by Crippen LogP contribution is -2.40. The number of carbonyl (C=O) groups excluding carboxylic acids is 1. The Bertz CT molecular complexity index is 427. The maximum atomic E-state index is 11.7. The van der Waals surface area contributed by atoms with Crippen LogP contribution in [0.15, 0.2) is 0 Å². The molecule has 0 aromatic heterocycles. The number of nitrogens with one attached hydrogen (secondary N) is 2. The number of amides is 1. The predicted octanol–water partition coefficient (Wildman–Crippen LogP) is 1.81. The smallest absolute Gasteiger partial charge is 0.407 e. The van der Waals surface area contributed by atoms with Gasteiger partial charge in [-0.2, -0.15) is 0 Å². The molecule has 0 radical (unpaired) electrons. The topological polar surface area (TPSA) is 84.5 Å². The lowest BCUT2D eigenvalue weighted by molar-refractivity contribution is 0.0515. The third-order valence-corrected chi connectivity index (χ3v) is 4.99. The van der Waals surface area contributed by atoms with Gasteiger partial charge in [0, 0.05) is 18.8 Å². The number of hydrogen-bond donors (Lipinski definition) is 2. The summed E-state index contributed by atoms with van der Waals surface area (Å²) in [4.78, 5) is 11.7. The van der Waals surface area contributed by atoms with Crippen LogP contribution in [0.4, 0.5) is 4.79 Å². The zero-order valence-electron chi connectivity index (χ0n) is 14.7. The van der Waals surface area contributed by atoms with Crippen molar-refractivity contribution in [2.45, 2.75) is 47.1 Å².